The molecular formula is C58H103Cl3MgN4O18. The van der Waals surface area contributed by atoms with E-state index in [1.165, 1.54) is 63.4 Å². The second kappa shape index (κ2) is 50.9. The number of ether oxygens (including phenoxy) is 5. The molecule has 22 nitrogen and oxygen atoms in total. The molecule has 4 rings (SSSR count). The third-order valence-electron chi connectivity index (χ3n) is 14.2. The molecule has 4 heterocycles. The standard InChI is InChI=1S/C15H25NO4.C14H23NO4.C11H17NO5.C8H15NO2.C5H11.C3H3ClO3.2CH4.2ClH.Mg/c1-5-15(2,3)13(18)14(19)16-9-7-6-8-11(16)10-12(17)20-4;1-4-14(2,3)12(18)13(19)15-8-6-5-7-10(15)9-11(16)17;1-16-9(13)7-8-5-3-4-6-12(8)10(14)11(15)17-2;1-11-8(10)6-7-4-2-3-5-9-7;1-4-5(2)3;1-7-3(6)2(4)5;;;;;/h11H,5-10H2,1-4H3;10H,4-9H2,1-3H3,(H,16,17);8H,3-7H2,1-2H3;7,9H,2-6H2,1H3;4H2,1-3H3;1H3;2*1H4;2*1H;/q;;;;-1;;;;;;+2/p-1. The fourth-order valence-corrected chi connectivity index (χ4v) is 8.10. The molecule has 486 valence electrons. The van der Waals surface area contributed by atoms with E-state index < -0.39 is 57.5 Å². The maximum atomic E-state index is 12.4. The van der Waals surface area contributed by atoms with Crippen molar-refractivity contribution in [2.45, 2.75) is 223 Å². The average Bonchev–Trinajstić information content (AvgIpc) is 3.57. The molecule has 0 aromatic carbocycles. The number of carbonyl (C=O) groups is 12. The summed E-state index contributed by atoms with van der Waals surface area (Å²) in [6, 6.07) is -0.449. The van der Waals surface area contributed by atoms with Gasteiger partial charge in [0.25, 0.3) is 11.8 Å². The second-order valence-corrected chi connectivity index (χ2v) is 21.3. The number of amides is 3. The number of likely N-dealkylation sites (tertiary alicyclic amines) is 3. The van der Waals surface area contributed by atoms with Crippen molar-refractivity contribution in [3.63, 3.8) is 0 Å². The third-order valence-corrected chi connectivity index (χ3v) is 14.3. The number of rotatable bonds is 16. The van der Waals surface area contributed by atoms with Crippen LogP contribution >= 0.6 is 24.0 Å². The Labute approximate surface area is 535 Å². The van der Waals surface area contributed by atoms with Gasteiger partial charge in [-0.3, -0.25) is 47.9 Å². The largest absolute Gasteiger partial charge is 2.00 e. The Morgan fingerprint density at radius 2 is 0.845 bits per heavy atom. The Hall–Kier alpha value is -4.16. The van der Waals surface area contributed by atoms with Crippen LogP contribution in [0.2, 0.25) is 0 Å². The Balaban J connectivity index is -0.000000175. The number of hydrogen-bond acceptors (Lipinski definition) is 18. The fraction of sp³-hybridized carbons (Fsp3) is 0.776. The van der Waals surface area contributed by atoms with Crippen molar-refractivity contribution in [2.75, 3.05) is 61.7 Å². The number of methoxy groups -OCH3 is 5. The number of esters is 5. The summed E-state index contributed by atoms with van der Waals surface area (Å²) in [5.74, 6) is -4.57. The number of Topliss-reactive ketones (excluding diaryl/α,β-unsaturated/α-hetero) is 2. The number of hydrogen-bond donors (Lipinski definition) is 2. The molecule has 4 fully saturated rings. The predicted molar refractivity (Wildman–Crippen MR) is 320 cm³/mol. The smallest absolute Gasteiger partial charge is 1.00 e. The van der Waals surface area contributed by atoms with Gasteiger partial charge in [0.05, 0.1) is 61.2 Å². The molecule has 4 unspecified atom stereocenters. The molecule has 4 aliphatic heterocycles. The molecular weight excluding hydrogens is 1170 g/mol. The quantitative estimate of drug-likeness (QED) is 0.0522. The van der Waals surface area contributed by atoms with E-state index in [0.717, 1.165) is 65.0 Å². The van der Waals surface area contributed by atoms with Gasteiger partial charge >= 0.3 is 70.0 Å². The number of aliphatic carboxylic acids is 1. The van der Waals surface area contributed by atoms with Gasteiger partial charge in [-0.05, 0) is 102 Å². The number of carboxylic acid groups (broad SMARTS) is 1. The van der Waals surface area contributed by atoms with Crippen molar-refractivity contribution in [1.82, 2.24) is 20.0 Å². The molecule has 0 aliphatic carbocycles. The van der Waals surface area contributed by atoms with Crippen LogP contribution in [0.5, 0.6) is 0 Å². The first kappa shape index (κ1) is 93.5. The number of nitrogens with zero attached hydrogens (tertiary/aromatic N) is 3. The van der Waals surface area contributed by atoms with E-state index in [-0.39, 0.29) is 124 Å². The number of halogens is 3. The summed E-state index contributed by atoms with van der Waals surface area (Å²) in [5.41, 5.74) is -1.33. The Kier molecular flexibility index (Phi) is 56.7. The molecule has 0 saturated carbocycles. The first-order valence-corrected chi connectivity index (χ1v) is 27.7. The summed E-state index contributed by atoms with van der Waals surface area (Å²) in [7, 11) is 6.33. The van der Waals surface area contributed by atoms with Gasteiger partial charge in [-0.1, -0.05) is 69.7 Å². The molecule has 3 amide bonds. The van der Waals surface area contributed by atoms with E-state index in [2.05, 4.69) is 61.4 Å². The molecule has 4 saturated heterocycles. The second-order valence-electron chi connectivity index (χ2n) is 21.0. The molecule has 84 heavy (non-hydrogen) atoms. The number of carboxylic acids is 1. The van der Waals surface area contributed by atoms with Gasteiger partial charge in [-0.25, -0.2) is 9.59 Å². The molecule has 0 bridgehead atoms. The van der Waals surface area contributed by atoms with E-state index in [9.17, 15) is 57.5 Å². The minimum Gasteiger partial charge on any atom is -1.00 e. The monoisotopic (exact) mass is 1270 g/mol. The van der Waals surface area contributed by atoms with Gasteiger partial charge in [0, 0.05) is 54.6 Å². The van der Waals surface area contributed by atoms with Crippen molar-refractivity contribution in [1.29, 1.82) is 0 Å². The van der Waals surface area contributed by atoms with Gasteiger partial charge in [0.1, 0.15) is 0 Å². The zero-order chi connectivity index (χ0) is 61.1. The predicted octanol–water partition coefficient (Wildman–Crippen LogP) is 4.83. The Morgan fingerprint density at radius 1 is 0.524 bits per heavy atom. The van der Waals surface area contributed by atoms with Gasteiger partial charge in [0.15, 0.2) is 0 Å². The van der Waals surface area contributed by atoms with Gasteiger partial charge in [-0.15, -0.1) is 12.4 Å². The summed E-state index contributed by atoms with van der Waals surface area (Å²) in [6.07, 6.45) is 14.2. The van der Waals surface area contributed by atoms with Crippen LogP contribution in [0, 0.1) is 16.7 Å². The van der Waals surface area contributed by atoms with E-state index in [1.54, 1.807) is 32.6 Å². The maximum Gasteiger partial charge on any atom is 2.00 e. The fourth-order valence-electron chi connectivity index (χ4n) is 8.02. The van der Waals surface area contributed by atoms with Gasteiger partial charge in [-0.2, -0.15) is 20.3 Å². The molecule has 0 aromatic heterocycles. The number of nitrogens with one attached hydrogen (secondary N) is 1. The average molecular weight is 1280 g/mol. The minimum atomic E-state index is -1.09. The topological polar surface area (TPSA) is 293 Å². The van der Waals surface area contributed by atoms with Crippen LogP contribution in [0.4, 0.5) is 0 Å². The van der Waals surface area contributed by atoms with E-state index in [1.807, 2.05) is 13.8 Å². The zero-order valence-electron chi connectivity index (χ0n) is 51.2. The normalized spacial score (nSPS) is 17.6. The van der Waals surface area contributed by atoms with Crippen LogP contribution in [-0.4, -0.2) is 199 Å². The first-order chi connectivity index (χ1) is 37.0. The van der Waals surface area contributed by atoms with Crippen molar-refractivity contribution in [3.05, 3.63) is 5.92 Å². The van der Waals surface area contributed by atoms with Crippen molar-refractivity contribution in [3.8, 4) is 0 Å². The molecule has 0 radical (unpaired) electrons. The van der Waals surface area contributed by atoms with Crippen molar-refractivity contribution < 1.29 is 98.7 Å². The first-order valence-electron chi connectivity index (χ1n) is 27.3. The van der Waals surface area contributed by atoms with Crippen LogP contribution in [0.1, 0.15) is 199 Å². The minimum absolute atomic E-state index is 0. The molecule has 4 aliphatic rings. The molecule has 4 atom stereocenters. The van der Waals surface area contributed by atoms with Crippen molar-refractivity contribution in [2.24, 2.45) is 10.8 Å². The summed E-state index contributed by atoms with van der Waals surface area (Å²) < 4.78 is 22.1. The van der Waals surface area contributed by atoms with E-state index >= 15 is 0 Å². The molecule has 2 N–H and O–H groups in total. The molecule has 0 spiro atoms. The summed E-state index contributed by atoms with van der Waals surface area (Å²) >= 11 is 4.61. The van der Waals surface area contributed by atoms with Crippen LogP contribution in [0.25, 0.3) is 0 Å². The van der Waals surface area contributed by atoms with Crippen LogP contribution in [0.3, 0.4) is 0 Å². The number of piperidine rings is 4. The maximum absolute atomic E-state index is 12.4. The van der Waals surface area contributed by atoms with E-state index in [4.69, 9.17) is 5.11 Å². The summed E-state index contributed by atoms with van der Waals surface area (Å²) in [5, 5.41) is 11.1. The SMILES string of the molecule is C.C.CCC(C)(C)C(=O)C(=O)N1CCCCC1CC(=O)O.CCC(C)(C)C(=O)C(=O)N1CCCCC1CC(=O)OC.CC[C-](C)C.COC(=O)C(=O)Cl.COC(=O)CC1CCCCN1.COC(=O)CC1CCCCN1C(=O)C(=O)OC.Cl.[Cl-].[Mg+2]. The van der Waals surface area contributed by atoms with Gasteiger partial charge < -0.3 is 67.1 Å². The van der Waals surface area contributed by atoms with Crippen LogP contribution in [0.15, 0.2) is 0 Å². The Bertz CT molecular complexity index is 1990. The molecule has 26 heteroatoms. The third kappa shape index (κ3) is 37.4. The van der Waals surface area contributed by atoms with Crippen molar-refractivity contribution >= 4 is 117 Å². The van der Waals surface area contributed by atoms with Gasteiger partial charge in [0.2, 0.25) is 11.6 Å². The summed E-state index contributed by atoms with van der Waals surface area (Å²) in [4.78, 5) is 140. The van der Waals surface area contributed by atoms with Crippen LogP contribution in [-0.2, 0) is 81.2 Å². The summed E-state index contributed by atoms with van der Waals surface area (Å²) in [6.45, 7) is 19.8. The van der Waals surface area contributed by atoms with Crippen LogP contribution < -0.4 is 17.7 Å². The molecule has 0 aromatic rings. The number of ketones is 2. The number of carbonyl (C=O) groups excluding carboxylic acids is 11. The Morgan fingerprint density at radius 3 is 1.11 bits per heavy atom. The zero-order valence-corrected chi connectivity index (χ0v) is 54.9. The van der Waals surface area contributed by atoms with E-state index in [0.29, 0.717) is 57.8 Å².